The second-order valence-electron chi connectivity index (χ2n) is 8.47. The van der Waals surface area contributed by atoms with Gasteiger partial charge in [0, 0.05) is 29.2 Å². The van der Waals surface area contributed by atoms with Crippen molar-refractivity contribution in [3.8, 4) is 5.75 Å². The maximum Gasteiger partial charge on any atom is 0.291 e. The number of fused-ring (bicyclic) bond motifs is 1. The minimum atomic E-state index is -0.223. The van der Waals surface area contributed by atoms with E-state index in [1.54, 1.807) is 0 Å². The molecule has 1 saturated carbocycles. The summed E-state index contributed by atoms with van der Waals surface area (Å²) in [6.45, 7) is 5.29. The first kappa shape index (κ1) is 24.1. The van der Waals surface area contributed by atoms with Crippen LogP contribution in [0.1, 0.15) is 60.7 Å². The number of anilines is 1. The van der Waals surface area contributed by atoms with Crippen LogP contribution in [0.25, 0.3) is 11.0 Å². The van der Waals surface area contributed by atoms with Crippen molar-refractivity contribution in [2.45, 2.75) is 58.5 Å². The second-order valence-corrected chi connectivity index (χ2v) is 8.47. The third-order valence-corrected chi connectivity index (χ3v) is 6.31. The minimum Gasteiger partial charge on any atom is -1.00 e. The zero-order valence-electron chi connectivity index (χ0n) is 19.1. The van der Waals surface area contributed by atoms with E-state index < -0.39 is 0 Å². The van der Waals surface area contributed by atoms with Gasteiger partial charge < -0.3 is 26.9 Å². The van der Waals surface area contributed by atoms with Crippen molar-refractivity contribution >= 4 is 22.6 Å². The first-order chi connectivity index (χ1) is 15.1. The summed E-state index contributed by atoms with van der Waals surface area (Å²) in [5.41, 5.74) is 3.48. The zero-order valence-corrected chi connectivity index (χ0v) is 19.9. The standard InChI is InChI=1S/C26H32N2O3.ClH/c1-4-30-21-14-15-24-22(16-21)18(2)25(31-24)26(29)27-23-13-9-8-10-19(23)17-28(3)20-11-6-5-7-12-20;/h8-10,13-16,20H,4-7,11-12,17H2,1-3H3,(H,27,29);1H/p-1. The molecule has 1 aliphatic rings. The van der Waals surface area contributed by atoms with Gasteiger partial charge in [-0.05, 0) is 63.6 Å². The number of nitrogens with zero attached hydrogens (tertiary/aromatic N) is 1. The predicted molar refractivity (Wildman–Crippen MR) is 125 cm³/mol. The molecule has 1 heterocycles. The number of para-hydroxylation sites is 1. The van der Waals surface area contributed by atoms with E-state index >= 15 is 0 Å². The molecule has 0 bridgehead atoms. The van der Waals surface area contributed by atoms with E-state index in [0.29, 0.717) is 24.0 Å². The number of rotatable bonds is 7. The van der Waals surface area contributed by atoms with Crippen LogP contribution in [-0.4, -0.2) is 30.5 Å². The Bertz CT molecular complexity index is 1060. The highest BCUT2D eigenvalue weighted by molar-refractivity contribution is 6.06. The third-order valence-electron chi connectivity index (χ3n) is 6.31. The summed E-state index contributed by atoms with van der Waals surface area (Å²) in [6.07, 6.45) is 6.48. The van der Waals surface area contributed by atoms with Crippen LogP contribution in [0.2, 0.25) is 0 Å². The lowest BCUT2D eigenvalue weighted by atomic mass is 9.94. The van der Waals surface area contributed by atoms with Gasteiger partial charge in [-0.15, -0.1) is 0 Å². The van der Waals surface area contributed by atoms with E-state index in [2.05, 4.69) is 23.3 Å². The largest absolute Gasteiger partial charge is 1.00 e. The van der Waals surface area contributed by atoms with Crippen molar-refractivity contribution in [1.82, 2.24) is 4.90 Å². The molecule has 3 aromatic rings. The molecule has 0 aliphatic heterocycles. The summed E-state index contributed by atoms with van der Waals surface area (Å²) in [5, 5.41) is 3.99. The molecular weight excluding hydrogens is 424 g/mol. The first-order valence-corrected chi connectivity index (χ1v) is 11.3. The summed E-state index contributed by atoms with van der Waals surface area (Å²) in [7, 11) is 2.19. The van der Waals surface area contributed by atoms with Crippen molar-refractivity contribution in [1.29, 1.82) is 0 Å². The van der Waals surface area contributed by atoms with E-state index in [4.69, 9.17) is 9.15 Å². The topological polar surface area (TPSA) is 54.7 Å². The smallest absolute Gasteiger partial charge is 0.291 e. The molecule has 0 radical (unpaired) electrons. The van der Waals surface area contributed by atoms with Gasteiger partial charge in [-0.25, -0.2) is 0 Å². The second kappa shape index (κ2) is 10.9. The van der Waals surface area contributed by atoms with E-state index in [0.717, 1.165) is 34.5 Å². The molecule has 2 aromatic carbocycles. The van der Waals surface area contributed by atoms with E-state index in [9.17, 15) is 4.79 Å². The first-order valence-electron chi connectivity index (χ1n) is 11.3. The van der Waals surface area contributed by atoms with Gasteiger partial charge in [0.15, 0.2) is 5.76 Å². The van der Waals surface area contributed by atoms with Crippen molar-refractivity contribution in [2.24, 2.45) is 0 Å². The monoisotopic (exact) mass is 455 g/mol. The maximum absolute atomic E-state index is 13.1. The Labute approximate surface area is 196 Å². The number of ether oxygens (including phenoxy) is 1. The average molecular weight is 456 g/mol. The molecule has 4 rings (SSSR count). The number of furan rings is 1. The van der Waals surface area contributed by atoms with Crippen LogP contribution in [0, 0.1) is 6.92 Å². The SMILES string of the molecule is CCOc1ccc2oc(C(=O)Nc3ccccc3CN(C)C3CCCCC3)c(C)c2c1.[Cl-]. The van der Waals surface area contributed by atoms with Gasteiger partial charge in [-0.1, -0.05) is 37.5 Å². The summed E-state index contributed by atoms with van der Waals surface area (Å²) in [5.74, 6) is 0.903. The Hall–Kier alpha value is -2.50. The summed E-state index contributed by atoms with van der Waals surface area (Å²) < 4.78 is 11.5. The lowest BCUT2D eigenvalue weighted by Crippen LogP contribution is -3.00. The molecule has 1 N–H and O–H groups in total. The number of nitrogens with one attached hydrogen (secondary N) is 1. The third kappa shape index (κ3) is 5.28. The van der Waals surface area contributed by atoms with Crippen LogP contribution in [0.5, 0.6) is 5.75 Å². The Morgan fingerprint density at radius 2 is 1.91 bits per heavy atom. The van der Waals surface area contributed by atoms with Crippen LogP contribution < -0.4 is 22.5 Å². The molecule has 0 saturated heterocycles. The molecule has 0 atom stereocenters. The molecule has 0 unspecified atom stereocenters. The fraction of sp³-hybridized carbons (Fsp3) is 0.423. The molecule has 1 amide bonds. The minimum absolute atomic E-state index is 0. The van der Waals surface area contributed by atoms with Crippen molar-refractivity contribution in [3.05, 3.63) is 59.4 Å². The number of hydrogen-bond acceptors (Lipinski definition) is 4. The number of amides is 1. The molecule has 1 aromatic heterocycles. The van der Waals surface area contributed by atoms with Gasteiger partial charge in [-0.3, -0.25) is 9.69 Å². The number of benzene rings is 2. The van der Waals surface area contributed by atoms with Crippen LogP contribution in [0.3, 0.4) is 0 Å². The van der Waals surface area contributed by atoms with Gasteiger partial charge >= 0.3 is 0 Å². The Kier molecular flexibility index (Phi) is 8.21. The molecular formula is C26H32ClN2O3-. The number of carbonyl (C=O) groups excluding carboxylic acids is 1. The highest BCUT2D eigenvalue weighted by Crippen LogP contribution is 2.30. The molecule has 0 spiro atoms. The summed E-state index contributed by atoms with van der Waals surface area (Å²) in [6, 6.07) is 14.3. The molecule has 6 heteroatoms. The molecule has 5 nitrogen and oxygen atoms in total. The van der Waals surface area contributed by atoms with Crippen LogP contribution in [0.4, 0.5) is 5.69 Å². The normalized spacial score (nSPS) is 14.4. The van der Waals surface area contributed by atoms with Crippen molar-refractivity contribution in [2.75, 3.05) is 19.0 Å². The predicted octanol–water partition coefficient (Wildman–Crippen LogP) is 3.16. The van der Waals surface area contributed by atoms with Gasteiger partial charge in [0.05, 0.1) is 6.61 Å². The molecule has 1 fully saturated rings. The van der Waals surface area contributed by atoms with Crippen molar-refractivity contribution < 1.29 is 26.4 Å². The lowest BCUT2D eigenvalue weighted by Gasteiger charge is -2.31. The van der Waals surface area contributed by atoms with Gasteiger partial charge in [0.25, 0.3) is 5.91 Å². The fourth-order valence-electron chi connectivity index (χ4n) is 4.55. The zero-order chi connectivity index (χ0) is 21.8. The average Bonchev–Trinajstić information content (AvgIpc) is 3.12. The van der Waals surface area contributed by atoms with E-state index in [1.807, 2.05) is 50.2 Å². The van der Waals surface area contributed by atoms with Gasteiger partial charge in [-0.2, -0.15) is 0 Å². The highest BCUT2D eigenvalue weighted by atomic mass is 35.5. The van der Waals surface area contributed by atoms with E-state index in [1.165, 1.54) is 32.1 Å². The summed E-state index contributed by atoms with van der Waals surface area (Å²) in [4.78, 5) is 15.5. The quantitative estimate of drug-likeness (QED) is 0.594. The van der Waals surface area contributed by atoms with Gasteiger partial charge in [0.2, 0.25) is 0 Å². The summed E-state index contributed by atoms with van der Waals surface area (Å²) >= 11 is 0. The van der Waals surface area contributed by atoms with Crippen molar-refractivity contribution in [3.63, 3.8) is 0 Å². The fourth-order valence-corrected chi connectivity index (χ4v) is 4.55. The van der Waals surface area contributed by atoms with E-state index in [-0.39, 0.29) is 18.3 Å². The molecule has 172 valence electrons. The number of hydrogen-bond donors (Lipinski definition) is 1. The van der Waals surface area contributed by atoms with Crippen LogP contribution in [-0.2, 0) is 6.54 Å². The Morgan fingerprint density at radius 1 is 1.16 bits per heavy atom. The maximum atomic E-state index is 13.1. The van der Waals surface area contributed by atoms with Gasteiger partial charge in [0.1, 0.15) is 11.3 Å². The van der Waals surface area contributed by atoms with Crippen LogP contribution >= 0.6 is 0 Å². The molecule has 32 heavy (non-hydrogen) atoms. The molecule has 1 aliphatic carbocycles. The van der Waals surface area contributed by atoms with Crippen LogP contribution in [0.15, 0.2) is 46.9 Å². The number of halogens is 1. The Morgan fingerprint density at radius 3 is 2.66 bits per heavy atom. The number of carbonyl (C=O) groups is 1. The highest BCUT2D eigenvalue weighted by Gasteiger charge is 2.21. The Balaban J connectivity index is 0.00000289. The lowest BCUT2D eigenvalue weighted by molar-refractivity contribution is -0.0000147. The number of aryl methyl sites for hydroxylation is 1.